The normalized spacial score (nSPS) is 10.3. The average molecular weight is 283 g/mol. The number of hydrogen-bond donors (Lipinski definition) is 2. The molecule has 98 valence electrons. The Morgan fingerprint density at radius 3 is 2.58 bits per heavy atom. The zero-order chi connectivity index (χ0) is 14.0. The minimum Gasteiger partial charge on any atom is -0.399 e. The van der Waals surface area contributed by atoms with Crippen LogP contribution in [0.1, 0.15) is 10.4 Å². The van der Waals surface area contributed by atoms with E-state index in [0.29, 0.717) is 5.69 Å². The van der Waals surface area contributed by atoms with Gasteiger partial charge < -0.3 is 11.1 Å². The van der Waals surface area contributed by atoms with E-state index in [9.17, 15) is 13.6 Å². The summed E-state index contributed by atoms with van der Waals surface area (Å²) in [5.74, 6) is -2.03. The van der Waals surface area contributed by atoms with Crippen molar-refractivity contribution in [2.75, 3.05) is 11.1 Å². The Bertz CT molecular complexity index is 647. The molecule has 0 aromatic heterocycles. The maximum Gasteiger partial charge on any atom is 0.257 e. The fraction of sp³-hybridized carbons (Fsp3) is 0. The van der Waals surface area contributed by atoms with Gasteiger partial charge in [-0.3, -0.25) is 4.79 Å². The number of carbonyl (C=O) groups excluding carboxylic acids is 1. The topological polar surface area (TPSA) is 55.1 Å². The van der Waals surface area contributed by atoms with Gasteiger partial charge in [-0.1, -0.05) is 11.6 Å². The highest BCUT2D eigenvalue weighted by molar-refractivity contribution is 6.34. The van der Waals surface area contributed by atoms with Crippen molar-refractivity contribution in [3.63, 3.8) is 0 Å². The third kappa shape index (κ3) is 3.00. The summed E-state index contributed by atoms with van der Waals surface area (Å²) in [5.41, 5.74) is 5.77. The Morgan fingerprint density at radius 2 is 1.89 bits per heavy atom. The van der Waals surface area contributed by atoms with Gasteiger partial charge in [0.05, 0.1) is 16.3 Å². The zero-order valence-electron chi connectivity index (χ0n) is 9.58. The van der Waals surface area contributed by atoms with Crippen LogP contribution in [0.25, 0.3) is 0 Å². The molecule has 0 atom stereocenters. The minimum atomic E-state index is -0.735. The van der Waals surface area contributed by atoms with Gasteiger partial charge in [-0.2, -0.15) is 0 Å². The van der Waals surface area contributed by atoms with Gasteiger partial charge in [0.15, 0.2) is 0 Å². The highest BCUT2D eigenvalue weighted by Crippen LogP contribution is 2.22. The molecule has 0 unspecified atom stereocenters. The first-order valence-electron chi connectivity index (χ1n) is 5.29. The molecule has 3 nitrogen and oxygen atoms in total. The molecule has 2 aromatic carbocycles. The molecule has 6 heteroatoms. The van der Waals surface area contributed by atoms with Crippen molar-refractivity contribution in [1.29, 1.82) is 0 Å². The second kappa shape index (κ2) is 5.24. The predicted molar refractivity (Wildman–Crippen MR) is 70.2 cm³/mol. The molecule has 2 rings (SSSR count). The first kappa shape index (κ1) is 13.3. The Hall–Kier alpha value is -2.14. The van der Waals surface area contributed by atoms with E-state index >= 15 is 0 Å². The lowest BCUT2D eigenvalue weighted by Gasteiger charge is -2.08. The second-order valence-electron chi connectivity index (χ2n) is 3.82. The number of anilines is 2. The number of amides is 1. The lowest BCUT2D eigenvalue weighted by atomic mass is 10.2. The van der Waals surface area contributed by atoms with E-state index in [1.54, 1.807) is 0 Å². The van der Waals surface area contributed by atoms with Crippen molar-refractivity contribution < 1.29 is 13.6 Å². The number of nitrogens with one attached hydrogen (secondary N) is 1. The maximum absolute atomic E-state index is 13.4. The molecule has 3 N–H and O–H groups in total. The molecule has 0 bridgehead atoms. The first-order chi connectivity index (χ1) is 8.97. The van der Waals surface area contributed by atoms with Crippen molar-refractivity contribution in [2.45, 2.75) is 0 Å². The molecule has 0 aliphatic carbocycles. The molecule has 19 heavy (non-hydrogen) atoms. The van der Waals surface area contributed by atoms with Gasteiger partial charge >= 0.3 is 0 Å². The summed E-state index contributed by atoms with van der Waals surface area (Å²) in [6.07, 6.45) is 0. The molecule has 0 aliphatic rings. The van der Waals surface area contributed by atoms with Crippen molar-refractivity contribution in [1.82, 2.24) is 0 Å². The van der Waals surface area contributed by atoms with Crippen LogP contribution in [0.5, 0.6) is 0 Å². The number of halogens is 3. The fourth-order valence-corrected chi connectivity index (χ4v) is 1.77. The highest BCUT2D eigenvalue weighted by atomic mass is 35.5. The van der Waals surface area contributed by atoms with Gasteiger partial charge in [-0.15, -0.1) is 0 Å². The SMILES string of the molecule is Nc1ccc(C(=O)Nc2cc(F)ccc2F)c(Cl)c1. The summed E-state index contributed by atoms with van der Waals surface area (Å²) >= 11 is 5.85. The van der Waals surface area contributed by atoms with E-state index in [-0.39, 0.29) is 16.3 Å². The second-order valence-corrected chi connectivity index (χ2v) is 4.22. The van der Waals surface area contributed by atoms with Crippen molar-refractivity contribution in [2.24, 2.45) is 0 Å². The monoisotopic (exact) mass is 282 g/mol. The number of hydrogen-bond acceptors (Lipinski definition) is 2. The smallest absolute Gasteiger partial charge is 0.257 e. The molecule has 0 saturated heterocycles. The van der Waals surface area contributed by atoms with Crippen molar-refractivity contribution in [3.05, 3.63) is 58.6 Å². The van der Waals surface area contributed by atoms with E-state index in [1.165, 1.54) is 18.2 Å². The van der Waals surface area contributed by atoms with E-state index in [2.05, 4.69) is 5.32 Å². The Balaban J connectivity index is 2.28. The average Bonchev–Trinajstić information content (AvgIpc) is 2.33. The largest absolute Gasteiger partial charge is 0.399 e. The fourth-order valence-electron chi connectivity index (χ4n) is 1.50. The standard InChI is InChI=1S/C13H9ClF2N2O/c14-10-6-8(17)2-3-9(10)13(19)18-12-5-7(15)1-4-11(12)16/h1-6H,17H2,(H,18,19). The molecule has 0 radical (unpaired) electrons. The van der Waals surface area contributed by atoms with Gasteiger partial charge in [-0.25, -0.2) is 8.78 Å². The third-order valence-corrected chi connectivity index (χ3v) is 2.73. The van der Waals surface area contributed by atoms with Crippen LogP contribution in [0.3, 0.4) is 0 Å². The van der Waals surface area contributed by atoms with E-state index in [0.717, 1.165) is 18.2 Å². The van der Waals surface area contributed by atoms with E-state index < -0.39 is 17.5 Å². The van der Waals surface area contributed by atoms with Crippen LogP contribution < -0.4 is 11.1 Å². The lowest BCUT2D eigenvalue weighted by Crippen LogP contribution is -2.13. The minimum absolute atomic E-state index is 0.125. The number of benzene rings is 2. The molecular weight excluding hydrogens is 274 g/mol. The van der Waals surface area contributed by atoms with Crippen LogP contribution in [-0.2, 0) is 0 Å². The van der Waals surface area contributed by atoms with Gasteiger partial charge in [0.1, 0.15) is 11.6 Å². The summed E-state index contributed by atoms with van der Waals surface area (Å²) in [7, 11) is 0. The molecule has 0 aliphatic heterocycles. The molecule has 0 fully saturated rings. The quantitative estimate of drug-likeness (QED) is 0.829. The lowest BCUT2D eigenvalue weighted by molar-refractivity contribution is 0.102. The molecule has 0 saturated carbocycles. The zero-order valence-corrected chi connectivity index (χ0v) is 10.3. The van der Waals surface area contributed by atoms with Gasteiger partial charge in [0.25, 0.3) is 5.91 Å². The Labute approximate surface area is 113 Å². The summed E-state index contributed by atoms with van der Waals surface area (Å²) in [5, 5.41) is 2.38. The van der Waals surface area contributed by atoms with Crippen LogP contribution in [0, 0.1) is 11.6 Å². The number of nitrogen functional groups attached to an aromatic ring is 1. The summed E-state index contributed by atoms with van der Waals surface area (Å²) in [6, 6.07) is 7.07. The van der Waals surface area contributed by atoms with Crippen molar-refractivity contribution in [3.8, 4) is 0 Å². The summed E-state index contributed by atoms with van der Waals surface area (Å²) in [6.45, 7) is 0. The van der Waals surface area contributed by atoms with Crippen LogP contribution in [0.2, 0.25) is 5.02 Å². The van der Waals surface area contributed by atoms with Crippen LogP contribution in [0.15, 0.2) is 36.4 Å². The molecule has 1 amide bonds. The first-order valence-corrected chi connectivity index (χ1v) is 5.66. The molecular formula is C13H9ClF2N2O. The van der Waals surface area contributed by atoms with Gasteiger partial charge in [-0.05, 0) is 30.3 Å². The van der Waals surface area contributed by atoms with Crippen LogP contribution in [-0.4, -0.2) is 5.91 Å². The van der Waals surface area contributed by atoms with Crippen molar-refractivity contribution >= 4 is 28.9 Å². The Morgan fingerprint density at radius 1 is 1.16 bits per heavy atom. The summed E-state index contributed by atoms with van der Waals surface area (Å²) < 4.78 is 26.3. The maximum atomic E-state index is 13.4. The van der Waals surface area contributed by atoms with Gasteiger partial charge in [0, 0.05) is 11.8 Å². The predicted octanol–water partition coefficient (Wildman–Crippen LogP) is 3.45. The van der Waals surface area contributed by atoms with Crippen LogP contribution in [0.4, 0.5) is 20.2 Å². The third-order valence-electron chi connectivity index (χ3n) is 2.41. The molecule has 2 aromatic rings. The Kier molecular flexibility index (Phi) is 3.66. The van der Waals surface area contributed by atoms with E-state index in [1.807, 2.05) is 0 Å². The van der Waals surface area contributed by atoms with Gasteiger partial charge in [0.2, 0.25) is 0 Å². The summed E-state index contributed by atoms with van der Waals surface area (Å²) in [4.78, 5) is 11.9. The number of rotatable bonds is 2. The number of nitrogens with two attached hydrogens (primary N) is 1. The van der Waals surface area contributed by atoms with E-state index in [4.69, 9.17) is 17.3 Å². The number of carbonyl (C=O) groups is 1. The highest BCUT2D eigenvalue weighted by Gasteiger charge is 2.13. The molecule has 0 heterocycles. The molecule has 0 spiro atoms. The van der Waals surface area contributed by atoms with Crippen LogP contribution >= 0.6 is 11.6 Å².